The lowest BCUT2D eigenvalue weighted by atomic mass is 10.1. The molecular formula is C18H24N4O7. The number of aromatic nitrogens is 2. The molecule has 0 amide bonds. The van der Waals surface area contributed by atoms with Crippen LogP contribution in [0.25, 0.3) is 0 Å². The summed E-state index contributed by atoms with van der Waals surface area (Å²) in [5.41, 5.74) is 5.72. The van der Waals surface area contributed by atoms with Crippen LogP contribution in [0.3, 0.4) is 0 Å². The highest BCUT2D eigenvalue weighted by molar-refractivity contribution is 5.70. The Kier molecular flexibility index (Phi) is 7.55. The molecule has 0 radical (unpaired) electrons. The van der Waals surface area contributed by atoms with Gasteiger partial charge in [0.05, 0.1) is 0 Å². The van der Waals surface area contributed by atoms with Gasteiger partial charge < -0.3 is 29.7 Å². The number of esters is 3. The minimum Gasteiger partial charge on any atom is -0.463 e. The molecular weight excluding hydrogens is 384 g/mol. The van der Waals surface area contributed by atoms with E-state index in [4.69, 9.17) is 29.9 Å². The molecule has 3 N–H and O–H groups in total. The summed E-state index contributed by atoms with van der Waals surface area (Å²) in [6.07, 6.45) is -3.69. The van der Waals surface area contributed by atoms with Crippen molar-refractivity contribution in [2.45, 2.75) is 64.4 Å². The number of nitrogens with zero attached hydrogens (tertiary/aromatic N) is 2. The van der Waals surface area contributed by atoms with Crippen LogP contribution in [-0.4, -0.2) is 52.8 Å². The van der Waals surface area contributed by atoms with Crippen molar-refractivity contribution in [3.63, 3.8) is 0 Å². The zero-order valence-electron chi connectivity index (χ0n) is 16.5. The van der Waals surface area contributed by atoms with Crippen LogP contribution in [0.1, 0.15) is 57.7 Å². The van der Waals surface area contributed by atoms with Gasteiger partial charge in [-0.15, -0.1) is 0 Å². The third-order valence-electron chi connectivity index (χ3n) is 4.25. The summed E-state index contributed by atoms with van der Waals surface area (Å²) in [7, 11) is 0. The maximum atomic E-state index is 12.0. The van der Waals surface area contributed by atoms with Gasteiger partial charge in [-0.25, -0.2) is 4.98 Å². The Morgan fingerprint density at radius 3 is 2.21 bits per heavy atom. The zero-order chi connectivity index (χ0) is 21.6. The summed E-state index contributed by atoms with van der Waals surface area (Å²) in [5.74, 6) is -1.47. The van der Waals surface area contributed by atoms with Gasteiger partial charge in [0.15, 0.2) is 29.8 Å². The highest BCUT2D eigenvalue weighted by Gasteiger charge is 2.51. The normalized spacial score (nSPS) is 23.2. The molecule has 0 bridgehead atoms. The fourth-order valence-corrected chi connectivity index (χ4v) is 2.73. The van der Waals surface area contributed by atoms with Crippen LogP contribution in [0.15, 0.2) is 0 Å². The first kappa shape index (κ1) is 22.2. The predicted molar refractivity (Wildman–Crippen MR) is 96.9 cm³/mol. The van der Waals surface area contributed by atoms with Crippen molar-refractivity contribution in [2.75, 3.05) is 12.3 Å². The van der Waals surface area contributed by atoms with E-state index in [1.807, 2.05) is 6.07 Å². The third kappa shape index (κ3) is 5.23. The fourth-order valence-electron chi connectivity index (χ4n) is 2.73. The van der Waals surface area contributed by atoms with Crippen molar-refractivity contribution in [3.8, 4) is 6.07 Å². The lowest BCUT2D eigenvalue weighted by Crippen LogP contribution is -2.40. The van der Waals surface area contributed by atoms with E-state index in [0.717, 1.165) is 0 Å². The maximum absolute atomic E-state index is 12.0. The van der Waals surface area contributed by atoms with E-state index in [2.05, 4.69) is 9.97 Å². The van der Waals surface area contributed by atoms with Gasteiger partial charge in [0.2, 0.25) is 0 Å². The SMILES string of the molecule is CCC(=O)OC[C@H]1O[C@@H](c2nc(N)c(C#N)[nH]2)[C@H](OC(=O)CC)[C@@H]1OC(=O)CC. The second kappa shape index (κ2) is 9.88. The molecule has 1 aliphatic heterocycles. The van der Waals surface area contributed by atoms with Crippen molar-refractivity contribution in [3.05, 3.63) is 11.5 Å². The number of nitrogen functional groups attached to an aromatic ring is 1. The molecule has 0 unspecified atom stereocenters. The number of carbonyl (C=O) groups excluding carboxylic acids is 3. The number of nitrogens with one attached hydrogen (secondary N) is 1. The number of nitrogens with two attached hydrogens (primary N) is 1. The van der Waals surface area contributed by atoms with Gasteiger partial charge in [0, 0.05) is 19.3 Å². The van der Waals surface area contributed by atoms with Crippen molar-refractivity contribution in [2.24, 2.45) is 0 Å². The van der Waals surface area contributed by atoms with Crippen LogP contribution >= 0.6 is 0 Å². The van der Waals surface area contributed by atoms with E-state index in [-0.39, 0.29) is 43.2 Å². The number of carbonyl (C=O) groups is 3. The molecule has 2 heterocycles. The van der Waals surface area contributed by atoms with Crippen LogP contribution in [0, 0.1) is 11.3 Å². The van der Waals surface area contributed by atoms with E-state index in [0.29, 0.717) is 0 Å². The summed E-state index contributed by atoms with van der Waals surface area (Å²) in [6, 6.07) is 1.86. The Labute approximate surface area is 167 Å². The maximum Gasteiger partial charge on any atom is 0.306 e. The van der Waals surface area contributed by atoms with Crippen molar-refractivity contribution in [1.82, 2.24) is 9.97 Å². The van der Waals surface area contributed by atoms with Crippen LogP contribution in [0.2, 0.25) is 0 Å². The largest absolute Gasteiger partial charge is 0.463 e. The smallest absolute Gasteiger partial charge is 0.306 e. The van der Waals surface area contributed by atoms with Crippen molar-refractivity contribution in [1.29, 1.82) is 5.26 Å². The van der Waals surface area contributed by atoms with Crippen molar-refractivity contribution >= 4 is 23.7 Å². The number of aromatic amines is 1. The van der Waals surface area contributed by atoms with Crippen molar-refractivity contribution < 1.29 is 33.3 Å². The first-order valence-electron chi connectivity index (χ1n) is 9.29. The predicted octanol–water partition coefficient (Wildman–Crippen LogP) is 0.900. The molecule has 1 saturated heterocycles. The van der Waals surface area contributed by atoms with Gasteiger partial charge in [-0.1, -0.05) is 20.8 Å². The highest BCUT2D eigenvalue weighted by atomic mass is 16.6. The molecule has 0 spiro atoms. The topological polar surface area (TPSA) is 167 Å². The molecule has 1 fully saturated rings. The molecule has 1 aromatic rings. The lowest BCUT2D eigenvalue weighted by molar-refractivity contribution is -0.168. The van der Waals surface area contributed by atoms with Gasteiger partial charge in [-0.3, -0.25) is 14.4 Å². The second-order valence-corrected chi connectivity index (χ2v) is 6.24. The standard InChI is InChI=1S/C18H24N4O7/c1-4-11(23)26-8-10-14(28-12(24)5-2)15(29-13(25)6-3)16(27-10)18-21-9(7-19)17(20)22-18/h10,14-16H,4-6,8,20H2,1-3H3,(H,21,22)/t10-,14-,15-,16-/m1/s1. The molecule has 2 rings (SSSR count). The minimum atomic E-state index is -1.07. The Hall–Kier alpha value is -3.13. The van der Waals surface area contributed by atoms with E-state index in [1.165, 1.54) is 0 Å². The van der Waals surface area contributed by atoms with Crippen LogP contribution in [0.4, 0.5) is 5.82 Å². The number of nitriles is 1. The third-order valence-corrected chi connectivity index (χ3v) is 4.25. The zero-order valence-corrected chi connectivity index (χ0v) is 16.5. The number of anilines is 1. The van der Waals surface area contributed by atoms with Gasteiger partial charge in [-0.2, -0.15) is 5.26 Å². The molecule has 1 aliphatic rings. The monoisotopic (exact) mass is 408 g/mol. The lowest BCUT2D eigenvalue weighted by Gasteiger charge is -2.23. The second-order valence-electron chi connectivity index (χ2n) is 6.24. The molecule has 11 heteroatoms. The molecule has 1 aromatic heterocycles. The molecule has 11 nitrogen and oxygen atoms in total. The van der Waals surface area contributed by atoms with E-state index >= 15 is 0 Å². The number of H-pyrrole nitrogens is 1. The molecule has 0 aromatic carbocycles. The van der Waals surface area contributed by atoms with Gasteiger partial charge >= 0.3 is 17.9 Å². The average molecular weight is 408 g/mol. The molecule has 4 atom stereocenters. The number of imidazole rings is 1. The van der Waals surface area contributed by atoms with E-state index < -0.39 is 42.3 Å². The Bertz CT molecular complexity index is 801. The minimum absolute atomic E-state index is 0.0205. The quantitative estimate of drug-likeness (QED) is 0.466. The average Bonchev–Trinajstić information content (AvgIpc) is 3.25. The van der Waals surface area contributed by atoms with E-state index in [1.54, 1.807) is 20.8 Å². The number of hydrogen-bond acceptors (Lipinski definition) is 10. The Morgan fingerprint density at radius 2 is 1.69 bits per heavy atom. The van der Waals surface area contributed by atoms with Gasteiger partial charge in [0.1, 0.15) is 24.6 Å². The summed E-state index contributed by atoms with van der Waals surface area (Å²) < 4.78 is 21.9. The Balaban J connectivity index is 2.37. The number of hydrogen-bond donors (Lipinski definition) is 2. The van der Waals surface area contributed by atoms with Crippen LogP contribution < -0.4 is 5.73 Å². The summed E-state index contributed by atoms with van der Waals surface area (Å²) in [4.78, 5) is 42.3. The Morgan fingerprint density at radius 1 is 1.10 bits per heavy atom. The fraction of sp³-hybridized carbons (Fsp3) is 0.611. The first-order valence-corrected chi connectivity index (χ1v) is 9.29. The summed E-state index contributed by atoms with van der Waals surface area (Å²) in [6.45, 7) is 4.64. The highest BCUT2D eigenvalue weighted by Crippen LogP contribution is 2.37. The molecule has 158 valence electrons. The van der Waals surface area contributed by atoms with Crippen LogP contribution in [0.5, 0.6) is 0 Å². The summed E-state index contributed by atoms with van der Waals surface area (Å²) >= 11 is 0. The van der Waals surface area contributed by atoms with Gasteiger partial charge in [-0.05, 0) is 0 Å². The molecule has 29 heavy (non-hydrogen) atoms. The van der Waals surface area contributed by atoms with E-state index in [9.17, 15) is 14.4 Å². The molecule has 0 saturated carbocycles. The van der Waals surface area contributed by atoms with Gasteiger partial charge in [0.25, 0.3) is 0 Å². The number of rotatable bonds is 8. The first-order chi connectivity index (χ1) is 13.8. The van der Waals surface area contributed by atoms with Crippen LogP contribution in [-0.2, 0) is 33.3 Å². The molecule has 0 aliphatic carbocycles. The number of ether oxygens (including phenoxy) is 4. The summed E-state index contributed by atoms with van der Waals surface area (Å²) in [5, 5.41) is 9.10.